The van der Waals surface area contributed by atoms with Crippen molar-refractivity contribution in [1.29, 1.82) is 0 Å². The summed E-state index contributed by atoms with van der Waals surface area (Å²) in [6.07, 6.45) is 3.92. The lowest BCUT2D eigenvalue weighted by molar-refractivity contribution is -0.131. The van der Waals surface area contributed by atoms with Gasteiger partial charge in [-0.15, -0.1) is 11.3 Å². The van der Waals surface area contributed by atoms with Gasteiger partial charge in [0.15, 0.2) is 5.96 Å². The maximum absolute atomic E-state index is 12.4. The number of hydrogen-bond acceptors (Lipinski definition) is 4. The van der Waals surface area contributed by atoms with Crippen molar-refractivity contribution in [2.45, 2.75) is 45.3 Å². The van der Waals surface area contributed by atoms with Gasteiger partial charge in [0.05, 0.1) is 12.6 Å². The number of nitrogens with zero attached hydrogens (tertiary/aromatic N) is 2. The lowest BCUT2D eigenvalue weighted by Crippen LogP contribution is -2.41. The van der Waals surface area contributed by atoms with Crippen LogP contribution in [0.5, 0.6) is 0 Å². The molecule has 2 aliphatic heterocycles. The molecule has 2 aliphatic rings. The van der Waals surface area contributed by atoms with Crippen molar-refractivity contribution < 1.29 is 9.53 Å². The van der Waals surface area contributed by atoms with E-state index in [0.29, 0.717) is 19.5 Å². The van der Waals surface area contributed by atoms with E-state index in [4.69, 9.17) is 4.74 Å². The number of hydrogen-bond donors (Lipinski definition) is 2. The highest BCUT2D eigenvalue weighted by Crippen LogP contribution is 2.24. The van der Waals surface area contributed by atoms with E-state index in [9.17, 15) is 4.79 Å². The first-order chi connectivity index (χ1) is 12.3. The van der Waals surface area contributed by atoms with Crippen LogP contribution in [0.1, 0.15) is 36.6 Å². The fourth-order valence-corrected chi connectivity index (χ4v) is 4.12. The molecule has 1 saturated heterocycles. The Bertz CT molecular complexity index is 596. The van der Waals surface area contributed by atoms with Gasteiger partial charge in [-0.25, -0.2) is 0 Å². The third kappa shape index (κ3) is 5.19. The molecule has 1 atom stereocenters. The summed E-state index contributed by atoms with van der Waals surface area (Å²) in [4.78, 5) is 20.4. The van der Waals surface area contributed by atoms with Gasteiger partial charge in [-0.1, -0.05) is 0 Å². The van der Waals surface area contributed by atoms with Crippen molar-refractivity contribution in [2.24, 2.45) is 4.99 Å². The fourth-order valence-electron chi connectivity index (χ4n) is 3.23. The molecule has 0 bridgehead atoms. The highest BCUT2D eigenvalue weighted by Gasteiger charge is 2.21. The molecule has 1 unspecified atom stereocenters. The molecule has 1 aromatic heterocycles. The first-order valence-electron chi connectivity index (χ1n) is 9.23. The van der Waals surface area contributed by atoms with E-state index in [0.717, 1.165) is 51.5 Å². The smallest absolute Gasteiger partial charge is 0.224 e. The lowest BCUT2D eigenvalue weighted by atomic mass is 10.1. The average molecular weight is 365 g/mol. The Morgan fingerprint density at radius 1 is 1.48 bits per heavy atom. The summed E-state index contributed by atoms with van der Waals surface area (Å²) in [6, 6.07) is 2.14. The monoisotopic (exact) mass is 364 g/mol. The van der Waals surface area contributed by atoms with Gasteiger partial charge >= 0.3 is 0 Å². The molecule has 3 heterocycles. The first-order valence-corrected chi connectivity index (χ1v) is 10.1. The molecule has 0 aromatic carbocycles. The molecule has 1 amide bonds. The summed E-state index contributed by atoms with van der Waals surface area (Å²) in [5, 5.41) is 8.61. The van der Waals surface area contributed by atoms with Crippen LogP contribution in [-0.2, 0) is 22.5 Å². The molecule has 1 aromatic rings. The Morgan fingerprint density at radius 2 is 2.40 bits per heavy atom. The van der Waals surface area contributed by atoms with E-state index in [1.165, 1.54) is 10.4 Å². The van der Waals surface area contributed by atoms with Crippen LogP contribution in [0.2, 0.25) is 0 Å². The number of carbonyl (C=O) groups excluding carboxylic acids is 1. The van der Waals surface area contributed by atoms with Gasteiger partial charge in [-0.2, -0.15) is 0 Å². The Balaban J connectivity index is 1.42. The number of amides is 1. The second-order valence-electron chi connectivity index (χ2n) is 6.47. The Hall–Kier alpha value is -1.60. The maximum atomic E-state index is 12.4. The standard InChI is InChI=1S/C18H28N4O2S/c1-2-19-18(21-12-15-4-3-10-24-15)20-8-5-17(23)22-9-6-16-14(13-22)7-11-25-16/h7,11,15H,2-6,8-10,12-13H2,1H3,(H2,19,20,21). The highest BCUT2D eigenvalue weighted by molar-refractivity contribution is 7.10. The van der Waals surface area contributed by atoms with Gasteiger partial charge in [-0.05, 0) is 43.2 Å². The van der Waals surface area contributed by atoms with E-state index in [1.54, 1.807) is 11.3 Å². The topological polar surface area (TPSA) is 66.0 Å². The van der Waals surface area contributed by atoms with Crippen LogP contribution in [0.4, 0.5) is 0 Å². The molecule has 6 nitrogen and oxygen atoms in total. The maximum Gasteiger partial charge on any atom is 0.224 e. The molecule has 0 aliphatic carbocycles. The Morgan fingerprint density at radius 3 is 3.20 bits per heavy atom. The number of fused-ring (bicyclic) bond motifs is 1. The molecule has 3 rings (SSSR count). The normalized spacial score (nSPS) is 20.4. The van der Waals surface area contributed by atoms with Gasteiger partial charge in [0.2, 0.25) is 5.91 Å². The number of ether oxygens (including phenoxy) is 1. The zero-order valence-corrected chi connectivity index (χ0v) is 15.7. The molecule has 0 radical (unpaired) electrons. The second-order valence-corrected chi connectivity index (χ2v) is 7.47. The SMILES string of the molecule is CCNC(=NCC1CCCO1)NCCC(=O)N1CCc2sccc2C1. The molecular weight excluding hydrogens is 336 g/mol. The van der Waals surface area contributed by atoms with Gasteiger partial charge in [0.1, 0.15) is 0 Å². The second kappa shape index (κ2) is 9.20. The predicted molar refractivity (Wildman–Crippen MR) is 101 cm³/mol. The summed E-state index contributed by atoms with van der Waals surface area (Å²) in [5.41, 5.74) is 1.31. The quantitative estimate of drug-likeness (QED) is 0.596. The zero-order valence-electron chi connectivity index (χ0n) is 14.9. The van der Waals surface area contributed by atoms with Crippen LogP contribution >= 0.6 is 11.3 Å². The third-order valence-electron chi connectivity index (χ3n) is 4.61. The van der Waals surface area contributed by atoms with Crippen molar-refractivity contribution in [2.75, 3.05) is 32.8 Å². The number of rotatable bonds is 6. The van der Waals surface area contributed by atoms with E-state index >= 15 is 0 Å². The van der Waals surface area contributed by atoms with Gasteiger partial charge in [0, 0.05) is 44.1 Å². The first kappa shape index (κ1) is 18.2. The molecule has 138 valence electrons. The van der Waals surface area contributed by atoms with Crippen LogP contribution in [0.25, 0.3) is 0 Å². The van der Waals surface area contributed by atoms with Crippen molar-refractivity contribution in [3.63, 3.8) is 0 Å². The van der Waals surface area contributed by atoms with Gasteiger partial charge < -0.3 is 20.3 Å². The molecule has 2 N–H and O–H groups in total. The molecule has 7 heteroatoms. The van der Waals surface area contributed by atoms with Crippen molar-refractivity contribution >= 4 is 23.2 Å². The Kier molecular flexibility index (Phi) is 6.69. The van der Waals surface area contributed by atoms with Crippen LogP contribution in [0, 0.1) is 0 Å². The minimum atomic E-state index is 0.208. The van der Waals surface area contributed by atoms with E-state index in [2.05, 4.69) is 27.1 Å². The number of aliphatic imine (C=N–C) groups is 1. The van der Waals surface area contributed by atoms with Crippen LogP contribution in [-0.4, -0.2) is 55.7 Å². The summed E-state index contributed by atoms with van der Waals surface area (Å²) in [5.74, 6) is 0.976. The highest BCUT2D eigenvalue weighted by atomic mass is 32.1. The largest absolute Gasteiger partial charge is 0.376 e. The molecule has 25 heavy (non-hydrogen) atoms. The summed E-state index contributed by atoms with van der Waals surface area (Å²) in [6.45, 7) is 6.56. The fraction of sp³-hybridized carbons (Fsp3) is 0.667. The van der Waals surface area contributed by atoms with Crippen molar-refractivity contribution in [3.05, 3.63) is 21.9 Å². The number of guanidine groups is 1. The van der Waals surface area contributed by atoms with Crippen molar-refractivity contribution in [3.8, 4) is 0 Å². The summed E-state index contributed by atoms with van der Waals surface area (Å²) < 4.78 is 5.60. The van der Waals surface area contributed by atoms with Crippen LogP contribution in [0.3, 0.4) is 0 Å². The molecule has 0 saturated carbocycles. The average Bonchev–Trinajstić information content (AvgIpc) is 3.30. The Labute approximate surface area is 153 Å². The van der Waals surface area contributed by atoms with Crippen LogP contribution in [0.15, 0.2) is 16.4 Å². The predicted octanol–water partition coefficient (Wildman–Crippen LogP) is 1.76. The molecule has 1 fully saturated rings. The summed E-state index contributed by atoms with van der Waals surface area (Å²) in [7, 11) is 0. The van der Waals surface area contributed by atoms with Gasteiger partial charge in [0.25, 0.3) is 0 Å². The minimum absolute atomic E-state index is 0.208. The lowest BCUT2D eigenvalue weighted by Gasteiger charge is -2.27. The molecule has 0 spiro atoms. The zero-order chi connectivity index (χ0) is 17.5. The summed E-state index contributed by atoms with van der Waals surface area (Å²) >= 11 is 1.80. The van der Waals surface area contributed by atoms with E-state index in [1.807, 2.05) is 11.8 Å². The minimum Gasteiger partial charge on any atom is -0.376 e. The van der Waals surface area contributed by atoms with Gasteiger partial charge in [-0.3, -0.25) is 9.79 Å². The number of carbonyl (C=O) groups is 1. The van der Waals surface area contributed by atoms with Crippen LogP contribution < -0.4 is 10.6 Å². The van der Waals surface area contributed by atoms with Crippen molar-refractivity contribution in [1.82, 2.24) is 15.5 Å². The number of nitrogens with one attached hydrogen (secondary N) is 2. The van der Waals surface area contributed by atoms with E-state index < -0.39 is 0 Å². The van der Waals surface area contributed by atoms with E-state index in [-0.39, 0.29) is 12.0 Å². The number of thiophene rings is 1. The molecular formula is C18H28N4O2S. The third-order valence-corrected chi connectivity index (χ3v) is 5.64.